The summed E-state index contributed by atoms with van der Waals surface area (Å²) < 4.78 is 37.3. The summed E-state index contributed by atoms with van der Waals surface area (Å²) in [6, 6.07) is 2.58. The third-order valence-corrected chi connectivity index (χ3v) is 2.27. The maximum atomic E-state index is 12.4. The van der Waals surface area contributed by atoms with E-state index in [-0.39, 0.29) is 5.69 Å². The van der Waals surface area contributed by atoms with Gasteiger partial charge < -0.3 is 16.2 Å². The number of alkyl halides is 3. The molecule has 0 saturated heterocycles. The number of rotatable bonds is 5. The van der Waals surface area contributed by atoms with Gasteiger partial charge in [0.25, 0.3) is 0 Å². The van der Waals surface area contributed by atoms with Crippen molar-refractivity contribution in [3.05, 3.63) is 29.3 Å². The molecule has 0 aliphatic rings. The standard InChI is InChI=1S/C11H13F3N2O2/c12-11(13,14)7-2-3-9(16-5-1-4-15)8(6-7)10(17)18/h2-3,6,16H,1,4-5,15H2,(H,17,18). The van der Waals surface area contributed by atoms with E-state index in [1.807, 2.05) is 0 Å². The van der Waals surface area contributed by atoms with E-state index in [0.717, 1.165) is 12.1 Å². The molecule has 100 valence electrons. The Morgan fingerprint density at radius 2 is 2.06 bits per heavy atom. The Kier molecular flexibility index (Phi) is 4.55. The van der Waals surface area contributed by atoms with Crippen molar-refractivity contribution in [2.45, 2.75) is 12.6 Å². The molecule has 0 heterocycles. The SMILES string of the molecule is NCCCNc1ccc(C(F)(F)F)cc1C(=O)O. The van der Waals surface area contributed by atoms with E-state index in [0.29, 0.717) is 25.6 Å². The van der Waals surface area contributed by atoms with Crippen molar-refractivity contribution >= 4 is 11.7 Å². The highest BCUT2D eigenvalue weighted by atomic mass is 19.4. The fourth-order valence-corrected chi connectivity index (χ4v) is 1.38. The van der Waals surface area contributed by atoms with Gasteiger partial charge >= 0.3 is 12.1 Å². The molecule has 0 bridgehead atoms. The molecule has 0 amide bonds. The van der Waals surface area contributed by atoms with Crippen LogP contribution in [0.15, 0.2) is 18.2 Å². The molecule has 0 aliphatic carbocycles. The molecule has 0 fully saturated rings. The molecule has 7 heteroatoms. The number of benzene rings is 1. The minimum atomic E-state index is -4.56. The first-order valence-corrected chi connectivity index (χ1v) is 5.24. The van der Waals surface area contributed by atoms with Crippen molar-refractivity contribution in [2.24, 2.45) is 5.73 Å². The van der Waals surface area contributed by atoms with Gasteiger partial charge in [-0.1, -0.05) is 0 Å². The van der Waals surface area contributed by atoms with Gasteiger partial charge in [-0.05, 0) is 31.2 Å². The van der Waals surface area contributed by atoms with Crippen molar-refractivity contribution in [3.8, 4) is 0 Å². The first kappa shape index (κ1) is 14.3. The molecule has 4 nitrogen and oxygen atoms in total. The van der Waals surface area contributed by atoms with Crippen molar-refractivity contribution in [2.75, 3.05) is 18.4 Å². The second kappa shape index (κ2) is 5.72. The van der Waals surface area contributed by atoms with Crippen molar-refractivity contribution in [3.63, 3.8) is 0 Å². The number of hydrogen-bond acceptors (Lipinski definition) is 3. The molecular formula is C11H13F3N2O2. The van der Waals surface area contributed by atoms with E-state index in [9.17, 15) is 18.0 Å². The number of halogens is 3. The number of carboxylic acid groups (broad SMARTS) is 1. The highest BCUT2D eigenvalue weighted by molar-refractivity contribution is 5.94. The monoisotopic (exact) mass is 262 g/mol. The van der Waals surface area contributed by atoms with E-state index in [2.05, 4.69) is 5.32 Å². The zero-order valence-electron chi connectivity index (χ0n) is 9.42. The molecular weight excluding hydrogens is 249 g/mol. The largest absolute Gasteiger partial charge is 0.478 e. The van der Waals surface area contributed by atoms with Crippen LogP contribution in [0.2, 0.25) is 0 Å². The zero-order chi connectivity index (χ0) is 13.8. The summed E-state index contributed by atoms with van der Waals surface area (Å²) >= 11 is 0. The molecule has 4 N–H and O–H groups in total. The fourth-order valence-electron chi connectivity index (χ4n) is 1.38. The highest BCUT2D eigenvalue weighted by Crippen LogP contribution is 2.31. The van der Waals surface area contributed by atoms with Crippen LogP contribution in [0, 0.1) is 0 Å². The van der Waals surface area contributed by atoms with E-state index in [1.54, 1.807) is 0 Å². The lowest BCUT2D eigenvalue weighted by atomic mass is 10.1. The van der Waals surface area contributed by atoms with Gasteiger partial charge in [-0.25, -0.2) is 4.79 Å². The van der Waals surface area contributed by atoms with E-state index in [4.69, 9.17) is 10.8 Å². The predicted octanol–water partition coefficient (Wildman–Crippen LogP) is 2.16. The normalized spacial score (nSPS) is 11.3. The minimum Gasteiger partial charge on any atom is -0.478 e. The van der Waals surface area contributed by atoms with Crippen LogP contribution in [0.25, 0.3) is 0 Å². The molecule has 0 aliphatic heterocycles. The number of hydrogen-bond donors (Lipinski definition) is 3. The van der Waals surface area contributed by atoms with E-state index < -0.39 is 23.3 Å². The summed E-state index contributed by atoms with van der Waals surface area (Å²) in [5, 5.41) is 11.6. The molecule has 18 heavy (non-hydrogen) atoms. The molecule has 1 aromatic carbocycles. The van der Waals surface area contributed by atoms with Gasteiger partial charge in [0.15, 0.2) is 0 Å². The molecule has 0 radical (unpaired) electrons. The molecule has 0 unspecified atom stereocenters. The Morgan fingerprint density at radius 1 is 1.39 bits per heavy atom. The van der Waals surface area contributed by atoms with E-state index in [1.165, 1.54) is 0 Å². The topological polar surface area (TPSA) is 75.3 Å². The lowest BCUT2D eigenvalue weighted by Crippen LogP contribution is -2.13. The molecule has 0 atom stereocenters. The van der Waals surface area contributed by atoms with Gasteiger partial charge in [0.05, 0.1) is 11.1 Å². The van der Waals surface area contributed by atoms with Gasteiger partial charge in [-0.3, -0.25) is 0 Å². The Labute approximate surface area is 102 Å². The first-order chi connectivity index (χ1) is 8.36. The van der Waals surface area contributed by atoms with Crippen LogP contribution in [-0.2, 0) is 6.18 Å². The van der Waals surface area contributed by atoms with Crippen molar-refractivity contribution in [1.82, 2.24) is 0 Å². The Balaban J connectivity index is 3.01. The number of anilines is 1. The Bertz CT molecular complexity index is 433. The maximum Gasteiger partial charge on any atom is 0.416 e. The van der Waals surface area contributed by atoms with Crippen LogP contribution in [0.1, 0.15) is 22.3 Å². The zero-order valence-corrected chi connectivity index (χ0v) is 9.42. The smallest absolute Gasteiger partial charge is 0.416 e. The highest BCUT2D eigenvalue weighted by Gasteiger charge is 2.31. The number of carbonyl (C=O) groups is 1. The van der Waals surface area contributed by atoms with Crippen molar-refractivity contribution in [1.29, 1.82) is 0 Å². The quantitative estimate of drug-likeness (QED) is 0.711. The number of aromatic carboxylic acids is 1. The molecule has 1 aromatic rings. The molecule has 0 aromatic heterocycles. The Morgan fingerprint density at radius 3 is 2.56 bits per heavy atom. The predicted molar refractivity (Wildman–Crippen MR) is 60.6 cm³/mol. The average molecular weight is 262 g/mol. The second-order valence-electron chi connectivity index (χ2n) is 3.63. The first-order valence-electron chi connectivity index (χ1n) is 5.24. The lowest BCUT2D eigenvalue weighted by Gasteiger charge is -2.12. The summed E-state index contributed by atoms with van der Waals surface area (Å²) in [7, 11) is 0. The molecule has 0 saturated carbocycles. The summed E-state index contributed by atoms with van der Waals surface area (Å²) in [6.45, 7) is 0.818. The number of nitrogens with two attached hydrogens (primary N) is 1. The maximum absolute atomic E-state index is 12.4. The van der Waals surface area contributed by atoms with E-state index >= 15 is 0 Å². The average Bonchev–Trinajstić information content (AvgIpc) is 2.28. The number of nitrogens with one attached hydrogen (secondary N) is 1. The van der Waals surface area contributed by atoms with Crippen LogP contribution in [0.4, 0.5) is 18.9 Å². The van der Waals surface area contributed by atoms with Crippen LogP contribution in [0.5, 0.6) is 0 Å². The van der Waals surface area contributed by atoms with Crippen LogP contribution >= 0.6 is 0 Å². The summed E-state index contributed by atoms with van der Waals surface area (Å²) in [5.41, 5.74) is 4.04. The van der Waals surface area contributed by atoms with Gasteiger partial charge in [0, 0.05) is 12.2 Å². The third-order valence-electron chi connectivity index (χ3n) is 2.27. The Hall–Kier alpha value is -1.76. The van der Waals surface area contributed by atoms with Gasteiger partial charge in [-0.15, -0.1) is 0 Å². The third kappa shape index (κ3) is 3.63. The summed E-state index contributed by atoms with van der Waals surface area (Å²) in [5.74, 6) is -1.41. The summed E-state index contributed by atoms with van der Waals surface area (Å²) in [4.78, 5) is 10.9. The molecule has 1 rings (SSSR count). The number of carboxylic acids is 1. The van der Waals surface area contributed by atoms with Gasteiger partial charge in [0.2, 0.25) is 0 Å². The fraction of sp³-hybridized carbons (Fsp3) is 0.364. The second-order valence-corrected chi connectivity index (χ2v) is 3.63. The van der Waals surface area contributed by atoms with Gasteiger partial charge in [-0.2, -0.15) is 13.2 Å². The van der Waals surface area contributed by atoms with Crippen LogP contribution in [0.3, 0.4) is 0 Å². The van der Waals surface area contributed by atoms with Crippen molar-refractivity contribution < 1.29 is 23.1 Å². The van der Waals surface area contributed by atoms with Crippen LogP contribution < -0.4 is 11.1 Å². The lowest BCUT2D eigenvalue weighted by molar-refractivity contribution is -0.137. The van der Waals surface area contributed by atoms with Crippen LogP contribution in [-0.4, -0.2) is 24.2 Å². The summed E-state index contributed by atoms with van der Waals surface area (Å²) in [6.07, 6.45) is -3.96. The molecule has 0 spiro atoms. The van der Waals surface area contributed by atoms with Gasteiger partial charge in [0.1, 0.15) is 0 Å². The minimum absolute atomic E-state index is 0.156.